The molecule has 0 aromatic heterocycles. The van der Waals surface area contributed by atoms with E-state index in [1.165, 1.54) is 4.90 Å². The van der Waals surface area contributed by atoms with Gasteiger partial charge in [-0.3, -0.25) is 0 Å². The Bertz CT molecular complexity index is 229. The summed E-state index contributed by atoms with van der Waals surface area (Å²) in [5, 5.41) is 12.4. The predicted molar refractivity (Wildman–Crippen MR) is 60.1 cm³/mol. The van der Waals surface area contributed by atoms with Crippen LogP contribution in [0.2, 0.25) is 0 Å². The van der Waals surface area contributed by atoms with Crippen molar-refractivity contribution in [3.8, 4) is 0 Å². The van der Waals surface area contributed by atoms with Crippen LogP contribution in [0.1, 0.15) is 33.6 Å². The number of piperazine rings is 1. The number of hydrogen-bond donors (Lipinski definition) is 2. The van der Waals surface area contributed by atoms with Crippen molar-refractivity contribution in [1.82, 2.24) is 10.2 Å². The Kier molecular flexibility index (Phi) is 3.97. The Balaban J connectivity index is 2.59. The molecule has 0 bridgehead atoms. The molecule has 0 saturated carbocycles. The van der Waals surface area contributed by atoms with E-state index < -0.39 is 6.09 Å². The van der Waals surface area contributed by atoms with Gasteiger partial charge in [0.05, 0.1) is 0 Å². The monoisotopic (exact) mass is 214 g/mol. The van der Waals surface area contributed by atoms with E-state index in [0.717, 1.165) is 19.4 Å². The zero-order chi connectivity index (χ0) is 11.5. The van der Waals surface area contributed by atoms with Gasteiger partial charge in [-0.2, -0.15) is 0 Å². The minimum absolute atomic E-state index is 0.170. The van der Waals surface area contributed by atoms with E-state index in [-0.39, 0.29) is 11.5 Å². The van der Waals surface area contributed by atoms with E-state index in [2.05, 4.69) is 26.1 Å². The summed E-state index contributed by atoms with van der Waals surface area (Å²) in [6, 6.07) is 0.280. The van der Waals surface area contributed by atoms with Gasteiger partial charge in [0, 0.05) is 25.7 Å². The first-order valence-corrected chi connectivity index (χ1v) is 5.68. The fraction of sp³-hybridized carbons (Fsp3) is 0.909. The summed E-state index contributed by atoms with van der Waals surface area (Å²) >= 11 is 0. The highest BCUT2D eigenvalue weighted by molar-refractivity contribution is 5.65. The third-order valence-corrected chi connectivity index (χ3v) is 3.28. The normalized spacial score (nSPS) is 22.9. The number of carboxylic acid groups (broad SMARTS) is 1. The van der Waals surface area contributed by atoms with Gasteiger partial charge in [0.15, 0.2) is 0 Å². The van der Waals surface area contributed by atoms with Crippen molar-refractivity contribution < 1.29 is 9.90 Å². The third-order valence-electron chi connectivity index (χ3n) is 3.28. The quantitative estimate of drug-likeness (QED) is 0.752. The summed E-state index contributed by atoms with van der Waals surface area (Å²) in [4.78, 5) is 12.4. The Morgan fingerprint density at radius 1 is 1.60 bits per heavy atom. The molecule has 0 spiro atoms. The number of amides is 1. The SMILES string of the molecule is CCCC(C)(C)C1CN(C(=O)O)CCN1. The van der Waals surface area contributed by atoms with Crippen LogP contribution in [0.5, 0.6) is 0 Å². The highest BCUT2D eigenvalue weighted by atomic mass is 16.4. The lowest BCUT2D eigenvalue weighted by Crippen LogP contribution is -2.57. The molecule has 1 aliphatic heterocycles. The topological polar surface area (TPSA) is 52.6 Å². The molecule has 4 heteroatoms. The Morgan fingerprint density at radius 3 is 2.80 bits per heavy atom. The lowest BCUT2D eigenvalue weighted by Gasteiger charge is -2.41. The molecule has 1 saturated heterocycles. The van der Waals surface area contributed by atoms with E-state index in [1.54, 1.807) is 0 Å². The Hall–Kier alpha value is -0.770. The van der Waals surface area contributed by atoms with Crippen molar-refractivity contribution in [2.24, 2.45) is 5.41 Å². The van der Waals surface area contributed by atoms with E-state index in [9.17, 15) is 4.79 Å². The lowest BCUT2D eigenvalue weighted by molar-refractivity contribution is 0.0980. The zero-order valence-electron chi connectivity index (χ0n) is 9.92. The van der Waals surface area contributed by atoms with Gasteiger partial charge in [-0.05, 0) is 11.8 Å². The molecule has 0 aliphatic carbocycles. The first-order valence-electron chi connectivity index (χ1n) is 5.68. The highest BCUT2D eigenvalue weighted by Gasteiger charge is 2.33. The van der Waals surface area contributed by atoms with Gasteiger partial charge in [-0.15, -0.1) is 0 Å². The molecule has 1 fully saturated rings. The largest absolute Gasteiger partial charge is 0.465 e. The molecule has 15 heavy (non-hydrogen) atoms. The minimum atomic E-state index is -0.797. The molecule has 88 valence electrons. The molecule has 1 amide bonds. The molecule has 1 atom stereocenters. The molecule has 2 N–H and O–H groups in total. The van der Waals surface area contributed by atoms with Crippen LogP contribution < -0.4 is 5.32 Å². The van der Waals surface area contributed by atoms with Gasteiger partial charge in [-0.25, -0.2) is 4.79 Å². The van der Waals surface area contributed by atoms with Crippen molar-refractivity contribution in [2.75, 3.05) is 19.6 Å². The maximum atomic E-state index is 10.9. The summed E-state index contributed by atoms with van der Waals surface area (Å²) in [5.41, 5.74) is 0.170. The van der Waals surface area contributed by atoms with Crippen LogP contribution in [-0.2, 0) is 0 Å². The van der Waals surface area contributed by atoms with Crippen LogP contribution in [0.3, 0.4) is 0 Å². The average molecular weight is 214 g/mol. The van der Waals surface area contributed by atoms with Crippen LogP contribution in [0.25, 0.3) is 0 Å². The first-order chi connectivity index (χ1) is 6.97. The smallest absolute Gasteiger partial charge is 0.407 e. The van der Waals surface area contributed by atoms with Crippen LogP contribution in [0, 0.1) is 5.41 Å². The number of hydrogen-bond acceptors (Lipinski definition) is 2. The number of rotatable bonds is 3. The number of nitrogens with one attached hydrogen (secondary N) is 1. The Morgan fingerprint density at radius 2 is 2.27 bits per heavy atom. The van der Waals surface area contributed by atoms with Gasteiger partial charge in [-0.1, -0.05) is 27.2 Å². The lowest BCUT2D eigenvalue weighted by atomic mass is 9.79. The molecule has 1 heterocycles. The molecule has 1 rings (SSSR count). The fourth-order valence-corrected chi connectivity index (χ4v) is 2.27. The van der Waals surface area contributed by atoms with Crippen LogP contribution in [-0.4, -0.2) is 41.8 Å². The summed E-state index contributed by atoms with van der Waals surface area (Å²) in [7, 11) is 0. The van der Waals surface area contributed by atoms with E-state index in [1.807, 2.05) is 0 Å². The molecule has 1 unspecified atom stereocenters. The summed E-state index contributed by atoms with van der Waals surface area (Å²) in [6.45, 7) is 8.57. The molecule has 0 aromatic carbocycles. The second kappa shape index (κ2) is 4.84. The first kappa shape index (κ1) is 12.3. The second-order valence-electron chi connectivity index (χ2n) is 4.97. The maximum Gasteiger partial charge on any atom is 0.407 e. The molecule has 4 nitrogen and oxygen atoms in total. The van der Waals surface area contributed by atoms with Gasteiger partial charge >= 0.3 is 6.09 Å². The molecule has 0 radical (unpaired) electrons. The summed E-state index contributed by atoms with van der Waals surface area (Å²) in [5.74, 6) is 0. The van der Waals surface area contributed by atoms with Crippen LogP contribution >= 0.6 is 0 Å². The molecule has 0 aromatic rings. The van der Waals surface area contributed by atoms with Crippen molar-refractivity contribution in [3.63, 3.8) is 0 Å². The van der Waals surface area contributed by atoms with Crippen molar-refractivity contribution in [1.29, 1.82) is 0 Å². The van der Waals surface area contributed by atoms with E-state index >= 15 is 0 Å². The van der Waals surface area contributed by atoms with Crippen molar-refractivity contribution in [3.05, 3.63) is 0 Å². The predicted octanol–water partition coefficient (Wildman–Crippen LogP) is 1.76. The maximum absolute atomic E-state index is 10.9. The summed E-state index contributed by atoms with van der Waals surface area (Å²) in [6.07, 6.45) is 1.46. The third kappa shape index (κ3) is 3.09. The van der Waals surface area contributed by atoms with Gasteiger partial charge < -0.3 is 15.3 Å². The minimum Gasteiger partial charge on any atom is -0.465 e. The van der Waals surface area contributed by atoms with Gasteiger partial charge in [0.1, 0.15) is 0 Å². The van der Waals surface area contributed by atoms with E-state index in [4.69, 9.17) is 5.11 Å². The second-order valence-corrected chi connectivity index (χ2v) is 4.97. The van der Waals surface area contributed by atoms with Crippen molar-refractivity contribution >= 4 is 6.09 Å². The Labute approximate surface area is 91.6 Å². The fourth-order valence-electron chi connectivity index (χ4n) is 2.27. The molecular formula is C11H22N2O2. The van der Waals surface area contributed by atoms with E-state index in [0.29, 0.717) is 13.1 Å². The van der Waals surface area contributed by atoms with Gasteiger partial charge in [0.25, 0.3) is 0 Å². The molecular weight excluding hydrogens is 192 g/mol. The zero-order valence-corrected chi connectivity index (χ0v) is 9.92. The van der Waals surface area contributed by atoms with Gasteiger partial charge in [0.2, 0.25) is 0 Å². The van der Waals surface area contributed by atoms with Crippen LogP contribution in [0.4, 0.5) is 4.79 Å². The highest BCUT2D eigenvalue weighted by Crippen LogP contribution is 2.28. The summed E-state index contributed by atoms with van der Waals surface area (Å²) < 4.78 is 0. The average Bonchev–Trinajstić information content (AvgIpc) is 2.18. The molecule has 1 aliphatic rings. The number of carbonyl (C=O) groups is 1. The van der Waals surface area contributed by atoms with Crippen LogP contribution in [0.15, 0.2) is 0 Å². The van der Waals surface area contributed by atoms with Crippen molar-refractivity contribution in [2.45, 2.75) is 39.7 Å². The number of nitrogens with zero attached hydrogens (tertiary/aromatic N) is 1. The standard InChI is InChI=1S/C11H22N2O2/c1-4-5-11(2,3)9-8-13(10(14)15)7-6-12-9/h9,12H,4-8H2,1-3H3,(H,14,15).